The molecule has 0 saturated heterocycles. The van der Waals surface area contributed by atoms with Crippen molar-refractivity contribution in [2.24, 2.45) is 0 Å². The lowest BCUT2D eigenvalue weighted by molar-refractivity contribution is -0.167. The largest absolute Gasteiger partial charge is 0.462 e. The van der Waals surface area contributed by atoms with Gasteiger partial charge in [0.15, 0.2) is 6.10 Å². The molecule has 0 radical (unpaired) electrons. The molecule has 0 saturated carbocycles. The van der Waals surface area contributed by atoms with Crippen molar-refractivity contribution in [3.63, 3.8) is 0 Å². The Balaban J connectivity index is 4.48. The Kier molecular flexibility index (Phi) is 45.1. The second-order valence-corrected chi connectivity index (χ2v) is 15.8. The van der Waals surface area contributed by atoms with E-state index < -0.39 is 6.10 Å². The molecule has 6 nitrogen and oxygen atoms in total. The van der Waals surface area contributed by atoms with Crippen LogP contribution in [0.1, 0.15) is 207 Å². The Labute approximate surface area is 368 Å². The van der Waals surface area contributed by atoms with E-state index in [-0.39, 0.29) is 31.1 Å². The van der Waals surface area contributed by atoms with Gasteiger partial charge >= 0.3 is 17.9 Å². The molecule has 0 spiro atoms. The summed E-state index contributed by atoms with van der Waals surface area (Å²) in [6, 6.07) is 0. The topological polar surface area (TPSA) is 78.9 Å². The third-order valence-corrected chi connectivity index (χ3v) is 10.0. The van der Waals surface area contributed by atoms with Crippen LogP contribution >= 0.6 is 0 Å². The van der Waals surface area contributed by atoms with Gasteiger partial charge in [-0.15, -0.1) is 0 Å². The Morgan fingerprint density at radius 3 is 1.13 bits per heavy atom. The highest BCUT2D eigenvalue weighted by molar-refractivity contribution is 5.71. The zero-order valence-electron chi connectivity index (χ0n) is 38.7. The lowest BCUT2D eigenvalue weighted by atomic mass is 10.0. The third-order valence-electron chi connectivity index (χ3n) is 10.0. The molecule has 0 rings (SSSR count). The number of unbranched alkanes of at least 4 members (excludes halogenated alkanes) is 21. The summed E-state index contributed by atoms with van der Waals surface area (Å²) in [5, 5.41) is 0. The molecule has 0 aromatic rings. The summed E-state index contributed by atoms with van der Waals surface area (Å²) in [5.74, 6) is -0.962. The van der Waals surface area contributed by atoms with Crippen molar-refractivity contribution < 1.29 is 28.6 Å². The molecule has 0 aliphatic heterocycles. The van der Waals surface area contributed by atoms with Crippen LogP contribution in [-0.4, -0.2) is 37.2 Å². The van der Waals surface area contributed by atoms with Crippen molar-refractivity contribution in [2.45, 2.75) is 213 Å². The molecule has 0 fully saturated rings. The molecule has 1 unspecified atom stereocenters. The monoisotopic (exact) mass is 833 g/mol. The highest BCUT2D eigenvalue weighted by Gasteiger charge is 2.19. The maximum atomic E-state index is 12.7. The summed E-state index contributed by atoms with van der Waals surface area (Å²) >= 11 is 0. The first kappa shape index (κ1) is 56.3. The first-order chi connectivity index (χ1) is 29.5. The predicted molar refractivity (Wildman–Crippen MR) is 256 cm³/mol. The lowest BCUT2D eigenvalue weighted by Gasteiger charge is -2.18. The summed E-state index contributed by atoms with van der Waals surface area (Å²) in [6.07, 6.45) is 62.4. The van der Waals surface area contributed by atoms with Crippen LogP contribution in [0.2, 0.25) is 0 Å². The molecule has 0 amide bonds. The number of hydrogen-bond donors (Lipinski definition) is 0. The summed E-state index contributed by atoms with van der Waals surface area (Å²) in [7, 11) is 0. The smallest absolute Gasteiger partial charge is 0.306 e. The average Bonchev–Trinajstić information content (AvgIpc) is 3.24. The molecule has 0 aromatic heterocycles. The second kappa shape index (κ2) is 48.0. The first-order valence-corrected chi connectivity index (χ1v) is 24.3. The van der Waals surface area contributed by atoms with E-state index in [1.807, 2.05) is 72.9 Å². The van der Waals surface area contributed by atoms with E-state index in [9.17, 15) is 14.4 Å². The SMILES string of the molecule is CC\C=C/C=C\C=C/C=C\C=C\C=C/C=C\CCCCCC(=O)OCC(COC(=O)CCCCCC/C=C\CCCC)OC(=O)CCCCCCCCCCCCCCC. The number of carbonyl (C=O) groups excluding carboxylic acids is 3. The fourth-order valence-corrected chi connectivity index (χ4v) is 6.35. The van der Waals surface area contributed by atoms with Crippen LogP contribution in [0.5, 0.6) is 0 Å². The summed E-state index contributed by atoms with van der Waals surface area (Å²) < 4.78 is 16.7. The molecular weight excluding hydrogens is 745 g/mol. The number of esters is 3. The van der Waals surface area contributed by atoms with Crippen LogP contribution < -0.4 is 0 Å². The molecule has 0 bridgehead atoms. The van der Waals surface area contributed by atoms with Gasteiger partial charge in [0.1, 0.15) is 13.2 Å². The Hall–Kier alpha value is -3.67. The van der Waals surface area contributed by atoms with Crippen molar-refractivity contribution >= 4 is 17.9 Å². The fourth-order valence-electron chi connectivity index (χ4n) is 6.35. The van der Waals surface area contributed by atoms with Gasteiger partial charge in [-0.2, -0.15) is 0 Å². The highest BCUT2D eigenvalue weighted by Crippen LogP contribution is 2.14. The van der Waals surface area contributed by atoms with E-state index in [1.165, 1.54) is 77.0 Å². The average molecular weight is 833 g/mol. The lowest BCUT2D eigenvalue weighted by Crippen LogP contribution is -2.30. The Morgan fingerprint density at radius 1 is 0.350 bits per heavy atom. The van der Waals surface area contributed by atoms with Crippen molar-refractivity contribution in [1.29, 1.82) is 0 Å². The van der Waals surface area contributed by atoms with E-state index in [1.54, 1.807) is 0 Å². The molecule has 340 valence electrons. The van der Waals surface area contributed by atoms with Gasteiger partial charge in [-0.05, 0) is 57.8 Å². The highest BCUT2D eigenvalue weighted by atomic mass is 16.6. The van der Waals surface area contributed by atoms with Crippen LogP contribution in [0.25, 0.3) is 0 Å². The molecule has 1 atom stereocenters. The molecular formula is C54H88O6. The van der Waals surface area contributed by atoms with Crippen molar-refractivity contribution in [2.75, 3.05) is 13.2 Å². The number of rotatable bonds is 42. The molecule has 0 N–H and O–H groups in total. The summed E-state index contributed by atoms with van der Waals surface area (Å²) in [4.78, 5) is 37.8. The van der Waals surface area contributed by atoms with E-state index in [2.05, 4.69) is 45.1 Å². The fraction of sp³-hybridized carbons (Fsp3) is 0.648. The predicted octanol–water partition coefficient (Wildman–Crippen LogP) is 15.8. The molecule has 0 aliphatic rings. The standard InChI is InChI=1S/C54H88O6/c1-4-7-10-13-16-19-22-24-25-26-27-28-29-31-32-35-38-41-44-47-53(56)59-50-51(49-58-52(55)46-43-40-37-34-21-18-15-12-9-6-3)60-54(57)48-45-42-39-36-33-30-23-20-17-14-11-8-5-2/h7,10,13,15-16,18-19,22,24-29,31-32,51H,4-6,8-9,11-12,14,17,20-21,23,30,33-50H2,1-3H3/b10-7-,16-13-,18-15-,22-19-,25-24-,27-26+,29-28-,32-31-. The van der Waals surface area contributed by atoms with Crippen LogP contribution in [0, 0.1) is 0 Å². The van der Waals surface area contributed by atoms with Crippen molar-refractivity contribution in [3.8, 4) is 0 Å². The van der Waals surface area contributed by atoms with Gasteiger partial charge in [0.2, 0.25) is 0 Å². The number of carbonyl (C=O) groups is 3. The van der Waals surface area contributed by atoms with Gasteiger partial charge in [0, 0.05) is 19.3 Å². The zero-order valence-corrected chi connectivity index (χ0v) is 38.7. The van der Waals surface area contributed by atoms with Crippen LogP contribution in [0.3, 0.4) is 0 Å². The van der Waals surface area contributed by atoms with Crippen LogP contribution in [-0.2, 0) is 28.6 Å². The normalized spacial score (nSPS) is 12.9. The number of ether oxygens (including phenoxy) is 3. The van der Waals surface area contributed by atoms with Crippen LogP contribution in [0.4, 0.5) is 0 Å². The minimum Gasteiger partial charge on any atom is -0.462 e. The maximum absolute atomic E-state index is 12.7. The van der Waals surface area contributed by atoms with Gasteiger partial charge in [-0.3, -0.25) is 14.4 Å². The Bertz CT molecular complexity index is 1230. The van der Waals surface area contributed by atoms with Gasteiger partial charge in [0.05, 0.1) is 0 Å². The van der Waals surface area contributed by atoms with Crippen LogP contribution in [0.15, 0.2) is 97.2 Å². The van der Waals surface area contributed by atoms with Gasteiger partial charge in [-0.1, -0.05) is 227 Å². The van der Waals surface area contributed by atoms with E-state index in [0.29, 0.717) is 19.3 Å². The molecule has 0 heterocycles. The minimum atomic E-state index is -0.798. The van der Waals surface area contributed by atoms with Crippen molar-refractivity contribution in [1.82, 2.24) is 0 Å². The number of hydrogen-bond acceptors (Lipinski definition) is 6. The maximum Gasteiger partial charge on any atom is 0.306 e. The summed E-state index contributed by atoms with van der Waals surface area (Å²) in [6.45, 7) is 6.38. The van der Waals surface area contributed by atoms with E-state index >= 15 is 0 Å². The van der Waals surface area contributed by atoms with Gasteiger partial charge in [-0.25, -0.2) is 0 Å². The van der Waals surface area contributed by atoms with Crippen molar-refractivity contribution in [3.05, 3.63) is 97.2 Å². The molecule has 6 heteroatoms. The quantitative estimate of drug-likeness (QED) is 0.0200. The summed E-state index contributed by atoms with van der Waals surface area (Å²) in [5.41, 5.74) is 0. The minimum absolute atomic E-state index is 0.0983. The molecule has 0 aromatic carbocycles. The van der Waals surface area contributed by atoms with Gasteiger partial charge in [0.25, 0.3) is 0 Å². The Morgan fingerprint density at radius 2 is 0.683 bits per heavy atom. The van der Waals surface area contributed by atoms with E-state index in [4.69, 9.17) is 14.2 Å². The van der Waals surface area contributed by atoms with Gasteiger partial charge < -0.3 is 14.2 Å². The molecule has 0 aliphatic carbocycles. The number of allylic oxidation sites excluding steroid dienone is 16. The second-order valence-electron chi connectivity index (χ2n) is 15.8. The zero-order chi connectivity index (χ0) is 43.7. The third kappa shape index (κ3) is 45.4. The van der Waals surface area contributed by atoms with E-state index in [0.717, 1.165) is 89.9 Å². The molecule has 60 heavy (non-hydrogen) atoms. The first-order valence-electron chi connectivity index (χ1n) is 24.3.